The van der Waals surface area contributed by atoms with Crippen LogP contribution >= 0.6 is 0 Å². The highest BCUT2D eigenvalue weighted by atomic mass is 16.5. The molecule has 0 spiro atoms. The van der Waals surface area contributed by atoms with Crippen LogP contribution in [-0.2, 0) is 0 Å². The van der Waals surface area contributed by atoms with Gasteiger partial charge in [0.15, 0.2) is 16.8 Å². The standard InChI is InChI=1S/C18H26N6O2/c1-15(2)17(5,6)23(25)13(19-15)11-9-10-12(22-21-11)14-20-16(3,4)18(7,8)24(14)26/h9-10H,1-8H3. The zero-order chi connectivity index (χ0) is 19.7. The molecule has 0 aromatic carbocycles. The monoisotopic (exact) mass is 358 g/mol. The van der Waals surface area contributed by atoms with Crippen molar-refractivity contribution in [1.29, 1.82) is 0 Å². The third-order valence-corrected chi connectivity index (χ3v) is 6.29. The van der Waals surface area contributed by atoms with Gasteiger partial charge in [-0.05, 0) is 72.3 Å². The molecule has 0 amide bonds. The van der Waals surface area contributed by atoms with Gasteiger partial charge in [0.25, 0.3) is 0 Å². The molecule has 2 aliphatic rings. The number of aromatic nitrogens is 2. The lowest BCUT2D eigenvalue weighted by Gasteiger charge is -2.45. The Morgan fingerprint density at radius 2 is 1.42 bits per heavy atom. The second-order valence-corrected chi connectivity index (χ2v) is 9.00. The number of nitrogens with zero attached hydrogens (tertiary/aromatic N) is 6. The van der Waals surface area contributed by atoms with Crippen LogP contribution in [0.25, 0.3) is 0 Å². The maximum Gasteiger partial charge on any atom is 0.384 e. The van der Waals surface area contributed by atoms with Gasteiger partial charge < -0.3 is 10.3 Å². The summed E-state index contributed by atoms with van der Waals surface area (Å²) in [5.41, 5.74) is -1.68. The van der Waals surface area contributed by atoms with Gasteiger partial charge in [0.2, 0.25) is 0 Å². The summed E-state index contributed by atoms with van der Waals surface area (Å²) in [5, 5.41) is 21.8. The van der Waals surface area contributed by atoms with Crippen molar-refractivity contribution in [3.63, 3.8) is 0 Å². The maximum atomic E-state index is 12.6. The quantitative estimate of drug-likeness (QED) is 0.757. The zero-order valence-corrected chi connectivity index (χ0v) is 16.7. The van der Waals surface area contributed by atoms with Crippen LogP contribution in [0.1, 0.15) is 66.8 Å². The highest BCUT2D eigenvalue weighted by molar-refractivity contribution is 6.00. The number of nitroso groups, excluding NO2 is 1. The van der Waals surface area contributed by atoms with Crippen LogP contribution in [0.5, 0.6) is 0 Å². The van der Waals surface area contributed by atoms with Gasteiger partial charge in [-0.25, -0.2) is 0 Å². The topological polar surface area (TPSA) is 96.9 Å². The summed E-state index contributed by atoms with van der Waals surface area (Å²) in [6, 6.07) is 3.33. The molecule has 3 heterocycles. The molecule has 0 saturated heterocycles. The highest BCUT2D eigenvalue weighted by Gasteiger charge is 2.59. The summed E-state index contributed by atoms with van der Waals surface area (Å²) >= 11 is 0. The van der Waals surface area contributed by atoms with Gasteiger partial charge in [-0.15, -0.1) is 10.2 Å². The van der Waals surface area contributed by atoms with E-state index in [0.717, 1.165) is 9.82 Å². The fraction of sp³-hybridized carbons (Fsp3) is 0.667. The van der Waals surface area contributed by atoms with Gasteiger partial charge in [0.05, 0.1) is 5.54 Å². The molecule has 2 aliphatic heterocycles. The summed E-state index contributed by atoms with van der Waals surface area (Å²) in [6.45, 7) is 15.1. The Balaban J connectivity index is 1.96. The Morgan fingerprint density at radius 1 is 0.885 bits per heavy atom. The van der Waals surface area contributed by atoms with Gasteiger partial charge in [-0.3, -0.25) is 4.99 Å². The van der Waals surface area contributed by atoms with E-state index in [2.05, 4.69) is 20.2 Å². The molecule has 0 N–H and O–H groups in total. The summed E-state index contributed by atoms with van der Waals surface area (Å²) < 4.78 is 0.885. The molecule has 0 atom stereocenters. The molecule has 0 fully saturated rings. The Bertz CT molecular complexity index is 834. The van der Waals surface area contributed by atoms with Crippen molar-refractivity contribution in [2.45, 2.75) is 77.5 Å². The van der Waals surface area contributed by atoms with Crippen molar-refractivity contribution < 1.29 is 4.76 Å². The van der Waals surface area contributed by atoms with Gasteiger partial charge in [0.1, 0.15) is 11.5 Å². The molecule has 1 aromatic heterocycles. The van der Waals surface area contributed by atoms with E-state index in [4.69, 9.17) is 0 Å². The Kier molecular flexibility index (Phi) is 3.68. The van der Waals surface area contributed by atoms with E-state index in [-0.39, 0.29) is 11.7 Å². The largest absolute Gasteiger partial charge is 0.757 e. The second kappa shape index (κ2) is 5.16. The SMILES string of the molecule is CC1(C)N=C(c2ccc(C3=NC(C)(C)C(C)(C)[N+]3=O)nn2)N([O-])C1(C)C. The maximum absolute atomic E-state index is 12.6. The average molecular weight is 358 g/mol. The lowest BCUT2D eigenvalue weighted by Crippen LogP contribution is -2.50. The lowest BCUT2D eigenvalue weighted by atomic mass is 9.84. The van der Waals surface area contributed by atoms with E-state index in [1.54, 1.807) is 12.1 Å². The molecule has 1 aromatic rings. The van der Waals surface area contributed by atoms with Crippen LogP contribution in [0.3, 0.4) is 0 Å². The molecule has 0 bridgehead atoms. The fourth-order valence-corrected chi connectivity index (χ4v) is 2.81. The normalized spacial score (nSPS) is 25.3. The van der Waals surface area contributed by atoms with Gasteiger partial charge in [-0.1, -0.05) is 9.90 Å². The van der Waals surface area contributed by atoms with Crippen LogP contribution in [0, 0.1) is 10.1 Å². The molecule has 8 heteroatoms. The van der Waals surface area contributed by atoms with Crippen LogP contribution in [0.4, 0.5) is 0 Å². The molecule has 0 radical (unpaired) electrons. The number of amidine groups is 2. The van der Waals surface area contributed by atoms with E-state index in [0.29, 0.717) is 11.4 Å². The second-order valence-electron chi connectivity index (χ2n) is 9.00. The number of hydrogen-bond acceptors (Lipinski definition) is 7. The first-order valence-corrected chi connectivity index (χ1v) is 8.71. The Morgan fingerprint density at radius 3 is 1.81 bits per heavy atom. The van der Waals surface area contributed by atoms with E-state index >= 15 is 0 Å². The zero-order valence-electron chi connectivity index (χ0n) is 16.7. The highest BCUT2D eigenvalue weighted by Crippen LogP contribution is 2.38. The summed E-state index contributed by atoms with van der Waals surface area (Å²) in [6.07, 6.45) is 0. The molecule has 3 rings (SSSR count). The van der Waals surface area contributed by atoms with Crippen LogP contribution < -0.4 is 0 Å². The fourth-order valence-electron chi connectivity index (χ4n) is 2.81. The van der Waals surface area contributed by atoms with Crippen molar-refractivity contribution in [3.8, 4) is 0 Å². The number of hydrogen-bond donors (Lipinski definition) is 0. The van der Waals surface area contributed by atoms with Crippen LogP contribution in [0.2, 0.25) is 0 Å². The molecule has 140 valence electrons. The van der Waals surface area contributed by atoms with Crippen molar-refractivity contribution >= 4 is 11.7 Å². The van der Waals surface area contributed by atoms with Gasteiger partial charge in [0, 0.05) is 5.54 Å². The third kappa shape index (κ3) is 2.31. The van der Waals surface area contributed by atoms with Crippen molar-refractivity contribution in [2.75, 3.05) is 0 Å². The number of rotatable bonds is 2. The Labute approximate surface area is 153 Å². The van der Waals surface area contributed by atoms with Gasteiger partial charge >= 0.3 is 5.84 Å². The Hall–Kier alpha value is -2.22. The summed E-state index contributed by atoms with van der Waals surface area (Å²) in [7, 11) is 0. The molecule has 0 saturated carbocycles. The molecule has 0 unspecified atom stereocenters. The van der Waals surface area contributed by atoms with E-state index in [1.165, 1.54) is 0 Å². The minimum atomic E-state index is -0.682. The first-order chi connectivity index (χ1) is 11.7. The van der Waals surface area contributed by atoms with E-state index < -0.39 is 22.2 Å². The lowest BCUT2D eigenvalue weighted by molar-refractivity contribution is -0.514. The van der Waals surface area contributed by atoms with Crippen LogP contribution in [0.15, 0.2) is 22.1 Å². The molecule has 8 nitrogen and oxygen atoms in total. The molecular formula is C18H26N6O2. The van der Waals surface area contributed by atoms with Crippen molar-refractivity contribution in [3.05, 3.63) is 33.6 Å². The molecular weight excluding hydrogens is 332 g/mol. The van der Waals surface area contributed by atoms with E-state index in [9.17, 15) is 10.1 Å². The molecule has 0 aliphatic carbocycles. The first kappa shape index (κ1) is 18.6. The number of hydroxylamine groups is 2. The smallest absolute Gasteiger partial charge is 0.384 e. The van der Waals surface area contributed by atoms with Gasteiger partial charge in [-0.2, -0.15) is 0 Å². The number of aliphatic imine (C=N–C) groups is 2. The van der Waals surface area contributed by atoms with Crippen molar-refractivity contribution in [1.82, 2.24) is 15.3 Å². The minimum absolute atomic E-state index is 0.257. The van der Waals surface area contributed by atoms with E-state index in [1.807, 2.05) is 55.4 Å². The summed E-state index contributed by atoms with van der Waals surface area (Å²) in [5.74, 6) is 0.513. The minimum Gasteiger partial charge on any atom is -0.757 e. The third-order valence-electron chi connectivity index (χ3n) is 6.29. The predicted octanol–water partition coefficient (Wildman–Crippen LogP) is 2.69. The summed E-state index contributed by atoms with van der Waals surface area (Å²) in [4.78, 5) is 21.7. The predicted molar refractivity (Wildman–Crippen MR) is 100 cm³/mol. The van der Waals surface area contributed by atoms with Crippen LogP contribution in [-0.4, -0.2) is 53.8 Å². The van der Waals surface area contributed by atoms with Crippen molar-refractivity contribution in [2.24, 2.45) is 9.98 Å². The molecule has 26 heavy (non-hydrogen) atoms. The average Bonchev–Trinajstić information content (AvgIpc) is 2.81. The first-order valence-electron chi connectivity index (χ1n) is 8.71.